The van der Waals surface area contributed by atoms with Crippen molar-refractivity contribution in [1.29, 1.82) is 0 Å². The highest BCUT2D eigenvalue weighted by Crippen LogP contribution is 2.40. The molecule has 0 aliphatic carbocycles. The van der Waals surface area contributed by atoms with Crippen LogP contribution < -0.4 is 4.74 Å². The molecule has 0 saturated heterocycles. The van der Waals surface area contributed by atoms with Crippen LogP contribution in [0.5, 0.6) is 5.75 Å². The SMILES string of the molecule is CCOc1ccc(C2C(C(=O)c3cc4cc(Br)ccc4o3)=C(O)C(=O)N2CCCN(C)C)cc1. The molecule has 1 unspecified atom stereocenters. The molecule has 1 N–H and O–H groups in total. The molecular formula is C26H27BrN2O5. The number of hydrogen-bond acceptors (Lipinski definition) is 6. The number of ether oxygens (including phenoxy) is 1. The lowest BCUT2D eigenvalue weighted by atomic mass is 9.95. The van der Waals surface area contributed by atoms with E-state index in [1.807, 2.05) is 50.2 Å². The number of carbonyl (C=O) groups excluding carboxylic acids is 2. The predicted octanol–water partition coefficient (Wildman–Crippen LogP) is 5.12. The van der Waals surface area contributed by atoms with Crippen molar-refractivity contribution in [1.82, 2.24) is 9.80 Å². The molecule has 4 rings (SSSR count). The van der Waals surface area contributed by atoms with Crippen LogP contribution in [0.2, 0.25) is 0 Å². The van der Waals surface area contributed by atoms with E-state index in [4.69, 9.17) is 9.15 Å². The maximum Gasteiger partial charge on any atom is 0.290 e. The molecule has 0 spiro atoms. The summed E-state index contributed by atoms with van der Waals surface area (Å²) in [5, 5.41) is 11.6. The Bertz CT molecular complexity index is 1250. The van der Waals surface area contributed by atoms with Crippen molar-refractivity contribution in [2.24, 2.45) is 0 Å². The first-order chi connectivity index (χ1) is 16.3. The summed E-state index contributed by atoms with van der Waals surface area (Å²) in [6.45, 7) is 3.59. The first kappa shape index (κ1) is 24.0. The average Bonchev–Trinajstić information content (AvgIpc) is 3.33. The number of Topliss-reactive ketones (excluding diaryl/α,β-unsaturated/α-hetero) is 1. The quantitative estimate of drug-likeness (QED) is 0.389. The minimum absolute atomic E-state index is 0.0251. The molecule has 8 heteroatoms. The fourth-order valence-corrected chi connectivity index (χ4v) is 4.57. The van der Waals surface area contributed by atoms with Crippen LogP contribution >= 0.6 is 15.9 Å². The molecule has 0 saturated carbocycles. The topological polar surface area (TPSA) is 83.2 Å². The van der Waals surface area contributed by atoms with Crippen LogP contribution in [0.25, 0.3) is 11.0 Å². The molecular weight excluding hydrogens is 500 g/mol. The van der Waals surface area contributed by atoms with Gasteiger partial charge in [0.15, 0.2) is 11.5 Å². The van der Waals surface area contributed by atoms with E-state index >= 15 is 0 Å². The zero-order valence-corrected chi connectivity index (χ0v) is 21.0. The van der Waals surface area contributed by atoms with Crippen LogP contribution in [-0.2, 0) is 4.79 Å². The standard InChI is InChI=1S/C26H27BrN2O5/c1-4-33-19-9-6-16(7-10-19)23-22(25(31)26(32)29(23)13-5-12-28(2)3)24(30)21-15-17-14-18(27)8-11-20(17)34-21/h6-11,14-15,23,31H,4-5,12-13H2,1-3H3. The minimum Gasteiger partial charge on any atom is -0.503 e. The number of ketones is 1. The third-order valence-corrected chi connectivity index (χ3v) is 6.25. The van der Waals surface area contributed by atoms with Crippen LogP contribution in [0.3, 0.4) is 0 Å². The molecule has 1 aromatic heterocycles. The number of aliphatic hydroxyl groups is 1. The van der Waals surface area contributed by atoms with Gasteiger partial charge in [0.1, 0.15) is 11.3 Å². The molecule has 2 aromatic carbocycles. The molecule has 1 atom stereocenters. The molecule has 178 valence electrons. The highest BCUT2D eigenvalue weighted by atomic mass is 79.9. The fraction of sp³-hybridized carbons (Fsp3) is 0.308. The molecule has 0 fully saturated rings. The molecule has 1 aliphatic heterocycles. The summed E-state index contributed by atoms with van der Waals surface area (Å²) in [5.41, 5.74) is 1.29. The third kappa shape index (κ3) is 4.74. The maximum atomic E-state index is 13.6. The summed E-state index contributed by atoms with van der Waals surface area (Å²) >= 11 is 3.42. The van der Waals surface area contributed by atoms with Gasteiger partial charge in [0.25, 0.3) is 5.91 Å². The van der Waals surface area contributed by atoms with E-state index in [1.54, 1.807) is 29.2 Å². The Hall–Kier alpha value is -3.10. The Morgan fingerprint density at radius 1 is 1.18 bits per heavy atom. The van der Waals surface area contributed by atoms with Crippen molar-refractivity contribution in [2.45, 2.75) is 19.4 Å². The van der Waals surface area contributed by atoms with E-state index in [0.717, 1.165) is 16.4 Å². The molecule has 1 aliphatic rings. The zero-order chi connectivity index (χ0) is 24.4. The van der Waals surface area contributed by atoms with Gasteiger partial charge in [-0.1, -0.05) is 28.1 Å². The fourth-order valence-electron chi connectivity index (χ4n) is 4.19. The van der Waals surface area contributed by atoms with Gasteiger partial charge in [-0.25, -0.2) is 0 Å². The maximum absolute atomic E-state index is 13.6. The molecule has 7 nitrogen and oxygen atoms in total. The van der Waals surface area contributed by atoms with Crippen LogP contribution in [0.15, 0.2) is 68.8 Å². The Labute approximate surface area is 206 Å². The van der Waals surface area contributed by atoms with E-state index < -0.39 is 23.5 Å². The Kier molecular flexibility index (Phi) is 7.09. The Balaban J connectivity index is 1.73. The van der Waals surface area contributed by atoms with Crippen molar-refractivity contribution < 1.29 is 23.8 Å². The molecule has 2 heterocycles. The predicted molar refractivity (Wildman–Crippen MR) is 133 cm³/mol. The Morgan fingerprint density at radius 2 is 1.91 bits per heavy atom. The van der Waals surface area contributed by atoms with Gasteiger partial charge in [-0.05, 0) is 75.9 Å². The van der Waals surface area contributed by atoms with Crippen molar-refractivity contribution in [3.8, 4) is 5.75 Å². The lowest BCUT2D eigenvalue weighted by Crippen LogP contribution is -2.33. The molecule has 34 heavy (non-hydrogen) atoms. The van der Waals surface area contributed by atoms with Gasteiger partial charge in [0, 0.05) is 16.4 Å². The van der Waals surface area contributed by atoms with Crippen LogP contribution in [0.1, 0.15) is 35.5 Å². The van der Waals surface area contributed by atoms with Crippen LogP contribution in [0.4, 0.5) is 0 Å². The van der Waals surface area contributed by atoms with Gasteiger partial charge in [0.05, 0.1) is 18.2 Å². The summed E-state index contributed by atoms with van der Waals surface area (Å²) in [6, 6.07) is 13.6. The second kappa shape index (κ2) is 10.0. The van der Waals surface area contributed by atoms with E-state index in [1.165, 1.54) is 0 Å². The smallest absolute Gasteiger partial charge is 0.290 e. The van der Waals surface area contributed by atoms with Crippen molar-refractivity contribution in [3.05, 3.63) is 75.7 Å². The van der Waals surface area contributed by atoms with E-state index in [0.29, 0.717) is 36.5 Å². The van der Waals surface area contributed by atoms with E-state index in [2.05, 4.69) is 15.9 Å². The number of rotatable bonds is 9. The molecule has 0 bridgehead atoms. The lowest BCUT2D eigenvalue weighted by Gasteiger charge is -2.27. The van der Waals surface area contributed by atoms with Crippen LogP contribution in [0, 0.1) is 0 Å². The number of halogens is 1. The minimum atomic E-state index is -0.724. The summed E-state index contributed by atoms with van der Waals surface area (Å²) in [5.74, 6) is -0.824. The van der Waals surface area contributed by atoms with E-state index in [-0.39, 0.29) is 11.3 Å². The lowest BCUT2D eigenvalue weighted by molar-refractivity contribution is -0.129. The second-order valence-electron chi connectivity index (χ2n) is 8.44. The molecule has 1 amide bonds. The summed E-state index contributed by atoms with van der Waals surface area (Å²) in [6.07, 6.45) is 0.694. The van der Waals surface area contributed by atoms with Gasteiger partial charge in [-0.2, -0.15) is 0 Å². The molecule has 0 radical (unpaired) electrons. The number of benzene rings is 2. The molecule has 3 aromatic rings. The highest BCUT2D eigenvalue weighted by molar-refractivity contribution is 9.10. The van der Waals surface area contributed by atoms with Gasteiger partial charge in [-0.15, -0.1) is 0 Å². The third-order valence-electron chi connectivity index (χ3n) is 5.76. The van der Waals surface area contributed by atoms with Crippen molar-refractivity contribution in [2.75, 3.05) is 33.8 Å². The first-order valence-electron chi connectivity index (χ1n) is 11.2. The number of aliphatic hydroxyl groups excluding tert-OH is 1. The highest BCUT2D eigenvalue weighted by Gasteiger charge is 2.44. The number of nitrogens with zero attached hydrogens (tertiary/aromatic N) is 2. The van der Waals surface area contributed by atoms with Crippen molar-refractivity contribution >= 4 is 38.6 Å². The second-order valence-corrected chi connectivity index (χ2v) is 9.36. The normalized spacial score (nSPS) is 16.2. The average molecular weight is 527 g/mol. The number of amides is 1. The Morgan fingerprint density at radius 3 is 2.59 bits per heavy atom. The number of hydrogen-bond donors (Lipinski definition) is 1. The summed E-state index contributed by atoms with van der Waals surface area (Å²) in [4.78, 5) is 30.3. The first-order valence-corrected chi connectivity index (χ1v) is 11.9. The van der Waals surface area contributed by atoms with Crippen LogP contribution in [-0.4, -0.2) is 60.4 Å². The van der Waals surface area contributed by atoms with Gasteiger partial charge < -0.3 is 24.1 Å². The number of fused-ring (bicyclic) bond motifs is 1. The number of furan rings is 1. The van der Waals surface area contributed by atoms with Crippen molar-refractivity contribution in [3.63, 3.8) is 0 Å². The zero-order valence-electron chi connectivity index (χ0n) is 19.4. The van der Waals surface area contributed by atoms with Gasteiger partial charge >= 0.3 is 0 Å². The van der Waals surface area contributed by atoms with Gasteiger partial charge in [-0.3, -0.25) is 9.59 Å². The number of carbonyl (C=O) groups is 2. The van der Waals surface area contributed by atoms with Gasteiger partial charge in [0.2, 0.25) is 5.78 Å². The summed E-state index contributed by atoms with van der Waals surface area (Å²) < 4.78 is 12.2. The summed E-state index contributed by atoms with van der Waals surface area (Å²) in [7, 11) is 3.92. The largest absolute Gasteiger partial charge is 0.503 e. The van der Waals surface area contributed by atoms with E-state index in [9.17, 15) is 14.7 Å². The monoisotopic (exact) mass is 526 g/mol.